The Morgan fingerprint density at radius 2 is 1.04 bits per heavy atom. The number of carbonyl (C=O) groups excluding carboxylic acids is 2. The first-order chi connectivity index (χ1) is 26.6. The number of hydrogen-bond acceptors (Lipinski definition) is 6. The number of nitrogens with zero attached hydrogens (tertiary/aromatic N) is 1. The molecule has 318 valence electrons. The zero-order valence-electron chi connectivity index (χ0n) is 36.1. The van der Waals surface area contributed by atoms with Crippen molar-refractivity contribution in [2.45, 2.75) is 193 Å². The van der Waals surface area contributed by atoms with Gasteiger partial charge in [0.25, 0.3) is 0 Å². The van der Waals surface area contributed by atoms with Gasteiger partial charge in [-0.1, -0.05) is 152 Å². The number of rotatable bonds is 39. The highest BCUT2D eigenvalue weighted by Crippen LogP contribution is 2.14. The standard InChI is InChI=1S/C47H83NO7/c1-6-8-10-12-14-16-18-20-21-22-23-24-26-28-30-32-34-36-38-46(50)55-43(41-53-40-39-44(47(51)52)48(3,4)5)42-54-45(49)37-35-33-31-29-27-25-19-17-15-13-11-9-7-2/h9,11,13,15,17,19,23-24,43-44H,6-8,10,12,14,16,18,20-22,25-42H2,1-5H3/p+1/b11-9+,15-13+,19-17+,24-23+. The van der Waals surface area contributed by atoms with Crippen LogP contribution in [-0.4, -0.2) is 80.6 Å². The van der Waals surface area contributed by atoms with Gasteiger partial charge in [0.05, 0.1) is 34.4 Å². The fourth-order valence-electron chi connectivity index (χ4n) is 6.32. The quantitative estimate of drug-likeness (QED) is 0.0218. The molecule has 55 heavy (non-hydrogen) atoms. The fourth-order valence-corrected chi connectivity index (χ4v) is 6.32. The van der Waals surface area contributed by atoms with Gasteiger partial charge in [0.15, 0.2) is 12.1 Å². The van der Waals surface area contributed by atoms with E-state index in [1.807, 2.05) is 27.2 Å². The number of likely N-dealkylation sites (N-methyl/N-ethyl adjacent to an activating group) is 1. The van der Waals surface area contributed by atoms with Crippen molar-refractivity contribution >= 4 is 17.9 Å². The lowest BCUT2D eigenvalue weighted by Crippen LogP contribution is -2.50. The van der Waals surface area contributed by atoms with Crippen molar-refractivity contribution in [2.75, 3.05) is 41.0 Å². The summed E-state index contributed by atoms with van der Waals surface area (Å²) >= 11 is 0. The third-order valence-electron chi connectivity index (χ3n) is 9.77. The van der Waals surface area contributed by atoms with E-state index >= 15 is 0 Å². The summed E-state index contributed by atoms with van der Waals surface area (Å²) in [5.41, 5.74) is 0. The molecule has 2 atom stereocenters. The smallest absolute Gasteiger partial charge is 0.362 e. The third kappa shape index (κ3) is 36.7. The Hall–Kier alpha value is -2.71. The zero-order chi connectivity index (χ0) is 40.7. The van der Waals surface area contributed by atoms with Gasteiger partial charge in [-0.3, -0.25) is 9.59 Å². The average Bonchev–Trinajstić information content (AvgIpc) is 3.14. The number of esters is 2. The van der Waals surface area contributed by atoms with Gasteiger partial charge in [0.1, 0.15) is 6.61 Å². The van der Waals surface area contributed by atoms with Gasteiger partial charge < -0.3 is 23.8 Å². The molecule has 0 heterocycles. The lowest BCUT2D eigenvalue weighted by Gasteiger charge is -2.31. The molecule has 8 nitrogen and oxygen atoms in total. The molecule has 0 bridgehead atoms. The Balaban J connectivity index is 4.36. The zero-order valence-corrected chi connectivity index (χ0v) is 36.1. The summed E-state index contributed by atoms with van der Waals surface area (Å²) in [4.78, 5) is 36.9. The van der Waals surface area contributed by atoms with E-state index in [0.29, 0.717) is 19.3 Å². The van der Waals surface area contributed by atoms with Crippen LogP contribution in [0.15, 0.2) is 48.6 Å². The number of carboxylic acid groups (broad SMARTS) is 1. The Kier molecular flexibility index (Phi) is 36.3. The van der Waals surface area contributed by atoms with E-state index in [0.717, 1.165) is 77.0 Å². The molecule has 0 rings (SSSR count). The molecule has 8 heteroatoms. The third-order valence-corrected chi connectivity index (χ3v) is 9.77. The van der Waals surface area contributed by atoms with Crippen LogP contribution in [0.1, 0.15) is 181 Å². The molecule has 0 aliphatic rings. The van der Waals surface area contributed by atoms with Crippen molar-refractivity contribution in [3.8, 4) is 0 Å². The number of ether oxygens (including phenoxy) is 3. The molecule has 0 saturated heterocycles. The second-order valence-corrected chi connectivity index (χ2v) is 16.0. The predicted molar refractivity (Wildman–Crippen MR) is 229 cm³/mol. The Morgan fingerprint density at radius 3 is 1.55 bits per heavy atom. The number of hydrogen-bond donors (Lipinski definition) is 1. The molecule has 0 spiro atoms. The summed E-state index contributed by atoms with van der Waals surface area (Å²) in [6.07, 6.45) is 44.4. The molecule has 0 aromatic rings. The summed E-state index contributed by atoms with van der Waals surface area (Å²) in [5, 5.41) is 9.61. The van der Waals surface area contributed by atoms with Crippen LogP contribution >= 0.6 is 0 Å². The highest BCUT2D eigenvalue weighted by molar-refractivity contribution is 5.72. The summed E-state index contributed by atoms with van der Waals surface area (Å²) < 4.78 is 17.2. The summed E-state index contributed by atoms with van der Waals surface area (Å²) in [5.74, 6) is -1.51. The average molecular weight is 775 g/mol. The topological polar surface area (TPSA) is 99.1 Å². The van der Waals surface area contributed by atoms with E-state index < -0.39 is 18.1 Å². The second-order valence-electron chi connectivity index (χ2n) is 16.0. The molecule has 0 radical (unpaired) electrons. The highest BCUT2D eigenvalue weighted by Gasteiger charge is 2.31. The van der Waals surface area contributed by atoms with Crippen molar-refractivity contribution < 1.29 is 38.2 Å². The van der Waals surface area contributed by atoms with Crippen molar-refractivity contribution in [2.24, 2.45) is 0 Å². The molecule has 0 aromatic heterocycles. The summed E-state index contributed by atoms with van der Waals surface area (Å²) in [6, 6.07) is -0.619. The molecule has 0 aliphatic heterocycles. The minimum atomic E-state index is -0.880. The normalized spacial score (nSPS) is 13.4. The van der Waals surface area contributed by atoms with E-state index in [2.05, 4.69) is 56.4 Å². The minimum absolute atomic E-state index is 0.0504. The lowest BCUT2D eigenvalue weighted by atomic mass is 10.1. The van der Waals surface area contributed by atoms with Gasteiger partial charge in [-0.05, 0) is 57.8 Å². The van der Waals surface area contributed by atoms with Gasteiger partial charge >= 0.3 is 17.9 Å². The maximum Gasteiger partial charge on any atom is 0.362 e. The SMILES string of the molecule is CC/C=C/C=C/C=C/CCCCCCCC(=O)OCC(COCCC(C(=O)O)[N+](C)(C)C)OC(=O)CCCCCCC/C=C/CCCCCCCCCCC. The Morgan fingerprint density at radius 1 is 0.564 bits per heavy atom. The van der Waals surface area contributed by atoms with E-state index in [1.165, 1.54) is 70.6 Å². The van der Waals surface area contributed by atoms with Crippen LogP contribution in [0, 0.1) is 0 Å². The van der Waals surface area contributed by atoms with E-state index in [1.54, 1.807) is 0 Å². The Labute approximate surface area is 337 Å². The number of aliphatic carboxylic acids is 1. The first-order valence-corrected chi connectivity index (χ1v) is 22.2. The molecular formula is C47H84NO7+. The van der Waals surface area contributed by atoms with Gasteiger partial charge in [-0.2, -0.15) is 0 Å². The first kappa shape index (κ1) is 52.3. The van der Waals surface area contributed by atoms with Gasteiger partial charge in [0.2, 0.25) is 0 Å². The van der Waals surface area contributed by atoms with E-state index in [-0.39, 0.29) is 36.2 Å². The minimum Gasteiger partial charge on any atom is -0.477 e. The van der Waals surface area contributed by atoms with E-state index in [9.17, 15) is 19.5 Å². The van der Waals surface area contributed by atoms with Crippen LogP contribution in [0.2, 0.25) is 0 Å². The molecular weight excluding hydrogens is 691 g/mol. The summed E-state index contributed by atoms with van der Waals surface area (Å²) in [6.45, 7) is 4.57. The van der Waals surface area contributed by atoms with Gasteiger partial charge in [-0.25, -0.2) is 4.79 Å². The van der Waals surface area contributed by atoms with Crippen molar-refractivity contribution in [3.63, 3.8) is 0 Å². The molecule has 0 saturated carbocycles. The molecule has 0 aromatic carbocycles. The number of carboxylic acids is 1. The van der Waals surface area contributed by atoms with E-state index in [4.69, 9.17) is 14.2 Å². The molecule has 0 aliphatic carbocycles. The fraction of sp³-hybridized carbons (Fsp3) is 0.766. The predicted octanol–water partition coefficient (Wildman–Crippen LogP) is 12.0. The number of allylic oxidation sites excluding steroid dienone is 8. The largest absolute Gasteiger partial charge is 0.477 e. The van der Waals surface area contributed by atoms with Crippen molar-refractivity contribution in [1.29, 1.82) is 0 Å². The van der Waals surface area contributed by atoms with Gasteiger partial charge in [-0.15, -0.1) is 0 Å². The Bertz CT molecular complexity index is 1040. The first-order valence-electron chi connectivity index (χ1n) is 22.2. The van der Waals surface area contributed by atoms with Crippen LogP contribution < -0.4 is 0 Å². The molecule has 0 fully saturated rings. The van der Waals surface area contributed by atoms with Crippen molar-refractivity contribution in [1.82, 2.24) is 0 Å². The molecule has 1 N–H and O–H groups in total. The second kappa shape index (κ2) is 38.2. The van der Waals surface area contributed by atoms with Crippen LogP contribution in [0.3, 0.4) is 0 Å². The maximum atomic E-state index is 12.7. The number of carbonyl (C=O) groups is 3. The van der Waals surface area contributed by atoms with Crippen LogP contribution in [0.4, 0.5) is 0 Å². The molecule has 0 amide bonds. The highest BCUT2D eigenvalue weighted by atomic mass is 16.6. The van der Waals surface area contributed by atoms with Crippen molar-refractivity contribution in [3.05, 3.63) is 48.6 Å². The van der Waals surface area contributed by atoms with Crippen LogP contribution in [-0.2, 0) is 28.6 Å². The van der Waals surface area contributed by atoms with Gasteiger partial charge in [0, 0.05) is 19.3 Å². The number of unbranched alkanes of at least 4 members (excludes halogenated alkanes) is 19. The molecule has 2 unspecified atom stereocenters. The monoisotopic (exact) mass is 775 g/mol. The lowest BCUT2D eigenvalue weighted by molar-refractivity contribution is -0.887. The summed E-state index contributed by atoms with van der Waals surface area (Å²) in [7, 11) is 5.51. The van der Waals surface area contributed by atoms with Crippen LogP contribution in [0.25, 0.3) is 0 Å². The number of quaternary nitrogens is 1. The maximum absolute atomic E-state index is 12.7. The van der Waals surface area contributed by atoms with Crippen LogP contribution in [0.5, 0.6) is 0 Å².